The van der Waals surface area contributed by atoms with Gasteiger partial charge in [-0.2, -0.15) is 13.2 Å². The molecule has 1 N–H and O–H groups in total. The molecule has 0 spiro atoms. The lowest BCUT2D eigenvalue weighted by Gasteiger charge is -2.17. The Labute approximate surface area is 126 Å². The van der Waals surface area contributed by atoms with Crippen LogP contribution in [0.25, 0.3) is 0 Å². The largest absolute Gasteiger partial charge is 0.416 e. The number of hydrogen-bond acceptors (Lipinski definition) is 2. The number of nitrogens with zero attached hydrogens (tertiary/aromatic N) is 1. The molecule has 1 aromatic carbocycles. The quantitative estimate of drug-likeness (QED) is 0.825. The van der Waals surface area contributed by atoms with Crippen molar-refractivity contribution in [2.24, 2.45) is 0 Å². The van der Waals surface area contributed by atoms with Crippen LogP contribution in [0.15, 0.2) is 41.1 Å². The Morgan fingerprint density at radius 1 is 1.19 bits per heavy atom. The lowest BCUT2D eigenvalue weighted by atomic mass is 9.97. The number of pyridine rings is 1. The number of rotatable bonds is 3. The zero-order chi connectivity index (χ0) is 15.6. The second kappa shape index (κ2) is 6.11. The van der Waals surface area contributed by atoms with Crippen LogP contribution in [-0.4, -0.2) is 10.1 Å². The van der Waals surface area contributed by atoms with E-state index in [4.69, 9.17) is 0 Å². The third kappa shape index (κ3) is 4.01. The third-order valence-electron chi connectivity index (χ3n) is 2.87. The van der Waals surface area contributed by atoms with Crippen LogP contribution in [0, 0.1) is 5.82 Å². The molecule has 0 amide bonds. The first kappa shape index (κ1) is 15.9. The number of alkyl halides is 3. The van der Waals surface area contributed by atoms with E-state index in [1.807, 2.05) is 0 Å². The van der Waals surface area contributed by atoms with Crippen LogP contribution < -0.4 is 0 Å². The van der Waals surface area contributed by atoms with Crippen molar-refractivity contribution in [3.8, 4) is 0 Å². The van der Waals surface area contributed by atoms with Crippen LogP contribution in [-0.2, 0) is 12.6 Å². The summed E-state index contributed by atoms with van der Waals surface area (Å²) in [6.45, 7) is 0. The Kier molecular flexibility index (Phi) is 4.63. The Hall–Kier alpha value is -1.47. The predicted molar refractivity (Wildman–Crippen MR) is 72.0 cm³/mol. The van der Waals surface area contributed by atoms with Crippen LogP contribution in [0.5, 0.6) is 0 Å². The SMILES string of the molecule is OC(Cc1cncc(Br)c1)c1ccc(F)cc1C(F)(F)F. The van der Waals surface area contributed by atoms with E-state index < -0.39 is 23.7 Å². The Bertz CT molecular complexity index is 645. The molecule has 21 heavy (non-hydrogen) atoms. The molecule has 7 heteroatoms. The van der Waals surface area contributed by atoms with E-state index in [0.717, 1.165) is 12.1 Å². The lowest BCUT2D eigenvalue weighted by molar-refractivity contribution is -0.139. The van der Waals surface area contributed by atoms with Crippen molar-refractivity contribution in [3.63, 3.8) is 0 Å². The van der Waals surface area contributed by atoms with Crippen molar-refractivity contribution in [1.29, 1.82) is 0 Å². The summed E-state index contributed by atoms with van der Waals surface area (Å²) in [4.78, 5) is 3.88. The van der Waals surface area contributed by atoms with Gasteiger partial charge in [-0.1, -0.05) is 6.07 Å². The molecule has 0 saturated carbocycles. The number of halogens is 5. The second-order valence-corrected chi connectivity index (χ2v) is 5.38. The van der Waals surface area contributed by atoms with Gasteiger partial charge >= 0.3 is 6.18 Å². The molecular formula is C14H10BrF4NO. The van der Waals surface area contributed by atoms with E-state index in [9.17, 15) is 22.7 Å². The molecule has 1 unspecified atom stereocenters. The summed E-state index contributed by atoms with van der Waals surface area (Å²) in [7, 11) is 0. The molecule has 1 aromatic heterocycles. The van der Waals surface area contributed by atoms with Crippen molar-refractivity contribution < 1.29 is 22.7 Å². The van der Waals surface area contributed by atoms with Crippen LogP contribution in [0.1, 0.15) is 22.8 Å². The molecule has 0 bridgehead atoms. The normalized spacial score (nSPS) is 13.2. The lowest BCUT2D eigenvalue weighted by Crippen LogP contribution is -2.14. The molecule has 2 rings (SSSR count). The Balaban J connectivity index is 2.33. The van der Waals surface area contributed by atoms with Gasteiger partial charge in [0.15, 0.2) is 0 Å². The van der Waals surface area contributed by atoms with Crippen molar-refractivity contribution in [3.05, 3.63) is 63.6 Å². The summed E-state index contributed by atoms with van der Waals surface area (Å²) in [5, 5.41) is 10.0. The summed E-state index contributed by atoms with van der Waals surface area (Å²) in [6.07, 6.45) is -3.22. The maximum Gasteiger partial charge on any atom is 0.416 e. The third-order valence-corrected chi connectivity index (χ3v) is 3.30. The van der Waals surface area contributed by atoms with E-state index in [0.29, 0.717) is 16.1 Å². The number of aliphatic hydroxyl groups is 1. The summed E-state index contributed by atoms with van der Waals surface area (Å²) >= 11 is 3.19. The maximum atomic E-state index is 13.0. The fraction of sp³-hybridized carbons (Fsp3) is 0.214. The Morgan fingerprint density at radius 3 is 2.52 bits per heavy atom. The zero-order valence-electron chi connectivity index (χ0n) is 10.5. The van der Waals surface area contributed by atoms with Crippen molar-refractivity contribution >= 4 is 15.9 Å². The number of hydrogen-bond donors (Lipinski definition) is 1. The summed E-state index contributed by atoms with van der Waals surface area (Å²) in [5.74, 6) is -0.998. The van der Waals surface area contributed by atoms with E-state index in [1.165, 1.54) is 12.4 Å². The summed E-state index contributed by atoms with van der Waals surface area (Å²) < 4.78 is 52.4. The van der Waals surface area contributed by atoms with Crippen LogP contribution in [0.3, 0.4) is 0 Å². The van der Waals surface area contributed by atoms with Crippen LogP contribution in [0.4, 0.5) is 17.6 Å². The van der Waals surface area contributed by atoms with Gasteiger partial charge in [0, 0.05) is 23.3 Å². The first-order valence-corrected chi connectivity index (χ1v) is 6.71. The van der Waals surface area contributed by atoms with Gasteiger partial charge in [0.05, 0.1) is 11.7 Å². The van der Waals surface area contributed by atoms with E-state index in [1.54, 1.807) is 6.07 Å². The monoisotopic (exact) mass is 363 g/mol. The minimum absolute atomic E-state index is 0.0544. The maximum absolute atomic E-state index is 13.0. The molecule has 2 aromatic rings. The molecule has 0 aliphatic rings. The molecule has 1 heterocycles. The first-order valence-electron chi connectivity index (χ1n) is 5.91. The van der Waals surface area contributed by atoms with Gasteiger partial charge in [0.25, 0.3) is 0 Å². The van der Waals surface area contributed by atoms with Crippen molar-refractivity contribution in [2.45, 2.75) is 18.7 Å². The topological polar surface area (TPSA) is 33.1 Å². The van der Waals surface area contributed by atoms with Crippen LogP contribution in [0.2, 0.25) is 0 Å². The van der Waals surface area contributed by atoms with Crippen molar-refractivity contribution in [2.75, 3.05) is 0 Å². The number of aromatic nitrogens is 1. The van der Waals surface area contributed by atoms with Crippen molar-refractivity contribution in [1.82, 2.24) is 4.98 Å². The van der Waals surface area contributed by atoms with Gasteiger partial charge in [-0.3, -0.25) is 4.98 Å². The second-order valence-electron chi connectivity index (χ2n) is 4.46. The molecular weight excluding hydrogens is 354 g/mol. The highest BCUT2D eigenvalue weighted by Crippen LogP contribution is 2.36. The smallest absolute Gasteiger partial charge is 0.388 e. The molecule has 2 nitrogen and oxygen atoms in total. The molecule has 1 atom stereocenters. The minimum Gasteiger partial charge on any atom is -0.388 e. The average molecular weight is 364 g/mol. The molecule has 0 fully saturated rings. The molecule has 0 aliphatic heterocycles. The highest BCUT2D eigenvalue weighted by molar-refractivity contribution is 9.10. The molecule has 0 aliphatic carbocycles. The molecule has 0 radical (unpaired) electrons. The highest BCUT2D eigenvalue weighted by atomic mass is 79.9. The fourth-order valence-electron chi connectivity index (χ4n) is 1.97. The van der Waals surface area contributed by atoms with E-state index >= 15 is 0 Å². The van der Waals surface area contributed by atoms with Gasteiger partial charge in [-0.05, 0) is 45.3 Å². The van der Waals surface area contributed by atoms with E-state index in [-0.39, 0.29) is 12.0 Å². The number of aliphatic hydroxyl groups excluding tert-OH is 1. The zero-order valence-corrected chi connectivity index (χ0v) is 12.1. The first-order chi connectivity index (χ1) is 9.77. The van der Waals surface area contributed by atoms with Crippen LogP contribution >= 0.6 is 15.9 Å². The standard InChI is InChI=1S/C14H10BrF4NO/c15-9-3-8(6-20-7-9)4-13(21)11-2-1-10(16)5-12(11)14(17,18)19/h1-3,5-7,13,21H,4H2. The van der Waals surface area contributed by atoms with Gasteiger partial charge < -0.3 is 5.11 Å². The number of benzene rings is 1. The predicted octanol–water partition coefficient (Wildman–Crippen LogP) is 4.28. The minimum atomic E-state index is -4.73. The Morgan fingerprint density at radius 2 is 1.90 bits per heavy atom. The van der Waals surface area contributed by atoms with E-state index in [2.05, 4.69) is 20.9 Å². The fourth-order valence-corrected chi connectivity index (χ4v) is 2.38. The average Bonchev–Trinajstić information content (AvgIpc) is 2.37. The van der Waals surface area contributed by atoms with Gasteiger partial charge in [-0.15, -0.1) is 0 Å². The van der Waals surface area contributed by atoms with Gasteiger partial charge in [0.2, 0.25) is 0 Å². The highest BCUT2D eigenvalue weighted by Gasteiger charge is 2.35. The van der Waals surface area contributed by atoms with Gasteiger partial charge in [0.1, 0.15) is 5.82 Å². The summed E-state index contributed by atoms with van der Waals surface area (Å²) in [6, 6.07) is 3.88. The molecule has 0 saturated heterocycles. The van der Waals surface area contributed by atoms with Gasteiger partial charge in [-0.25, -0.2) is 4.39 Å². The molecule has 112 valence electrons. The summed E-state index contributed by atoms with van der Waals surface area (Å²) in [5.41, 5.74) is -0.962.